The van der Waals surface area contributed by atoms with Crippen LogP contribution < -0.4 is 5.32 Å². The molecule has 1 amide bonds. The first-order valence-corrected chi connectivity index (χ1v) is 8.01. The van der Waals surface area contributed by atoms with E-state index in [9.17, 15) is 19.3 Å². The van der Waals surface area contributed by atoms with Gasteiger partial charge in [-0.15, -0.1) is 12.4 Å². The number of likely N-dealkylation sites (tertiary alicyclic amines) is 1. The summed E-state index contributed by atoms with van der Waals surface area (Å²) in [4.78, 5) is 24.0. The molecule has 0 radical (unpaired) electrons. The zero-order valence-corrected chi connectivity index (χ0v) is 14.1. The number of rotatable bonds is 5. The van der Waals surface area contributed by atoms with Crippen molar-refractivity contribution < 1.29 is 14.1 Å². The summed E-state index contributed by atoms with van der Waals surface area (Å²) < 4.78 is 13.9. The van der Waals surface area contributed by atoms with Crippen LogP contribution in [0, 0.1) is 21.8 Å². The van der Waals surface area contributed by atoms with E-state index in [2.05, 4.69) is 5.32 Å². The first-order chi connectivity index (χ1) is 11.0. The number of halogens is 2. The van der Waals surface area contributed by atoms with Gasteiger partial charge >= 0.3 is 0 Å². The predicted molar refractivity (Wildman–Crippen MR) is 90.0 cm³/mol. The van der Waals surface area contributed by atoms with Crippen molar-refractivity contribution in [3.8, 4) is 0 Å². The number of amides is 1. The Morgan fingerprint density at radius 2 is 1.96 bits per heavy atom. The third-order valence-corrected chi connectivity index (χ3v) is 4.57. The summed E-state index contributed by atoms with van der Waals surface area (Å²) in [6, 6.07) is 3.59. The summed E-state index contributed by atoms with van der Waals surface area (Å²) in [7, 11) is 0. The van der Waals surface area contributed by atoms with E-state index in [1.165, 1.54) is 25.0 Å². The van der Waals surface area contributed by atoms with E-state index in [1.807, 2.05) is 0 Å². The van der Waals surface area contributed by atoms with Crippen molar-refractivity contribution in [3.05, 3.63) is 39.7 Å². The summed E-state index contributed by atoms with van der Waals surface area (Å²) in [5, 5.41) is 14.1. The van der Waals surface area contributed by atoms with Crippen LogP contribution in [0.3, 0.4) is 0 Å². The van der Waals surface area contributed by atoms with Gasteiger partial charge < -0.3 is 10.2 Å². The SMILES string of the molecule is Cl.O=C(c1ccc([N+](=O)[O-])cc1F)N1CCC(NCC2CC2)CC1. The number of piperidine rings is 1. The summed E-state index contributed by atoms with van der Waals surface area (Å²) >= 11 is 0. The van der Waals surface area contributed by atoms with Crippen LogP contribution in [0.25, 0.3) is 0 Å². The van der Waals surface area contributed by atoms with Crippen molar-refractivity contribution in [3.63, 3.8) is 0 Å². The highest BCUT2D eigenvalue weighted by Gasteiger charge is 2.27. The molecule has 1 aliphatic carbocycles. The Balaban J connectivity index is 0.00000208. The molecule has 6 nitrogen and oxygen atoms in total. The maximum absolute atomic E-state index is 13.9. The van der Waals surface area contributed by atoms with Crippen LogP contribution in [-0.4, -0.2) is 41.4 Å². The number of nitro groups is 1. The molecule has 2 fully saturated rings. The van der Waals surface area contributed by atoms with Crippen molar-refractivity contribution in [2.24, 2.45) is 5.92 Å². The Kier molecular flexibility index (Phi) is 6.12. The van der Waals surface area contributed by atoms with Gasteiger partial charge in [-0.3, -0.25) is 14.9 Å². The number of carbonyl (C=O) groups excluding carboxylic acids is 1. The molecule has 1 aliphatic heterocycles. The van der Waals surface area contributed by atoms with Gasteiger partial charge in [-0.25, -0.2) is 4.39 Å². The molecule has 0 atom stereocenters. The third kappa shape index (κ3) is 4.42. The molecular formula is C16H21ClFN3O3. The van der Waals surface area contributed by atoms with Crippen molar-refractivity contribution >= 4 is 24.0 Å². The smallest absolute Gasteiger partial charge is 0.272 e. The number of nitro benzene ring substituents is 1. The molecule has 0 bridgehead atoms. The number of non-ortho nitro benzene ring substituents is 1. The quantitative estimate of drug-likeness (QED) is 0.649. The number of hydrogen-bond donors (Lipinski definition) is 1. The van der Waals surface area contributed by atoms with Crippen LogP contribution in [0.4, 0.5) is 10.1 Å². The van der Waals surface area contributed by atoms with Crippen LogP contribution in [0.1, 0.15) is 36.0 Å². The molecule has 1 N–H and O–H groups in total. The second-order valence-corrected chi connectivity index (χ2v) is 6.34. The van der Waals surface area contributed by atoms with E-state index >= 15 is 0 Å². The minimum atomic E-state index is -0.835. The second kappa shape index (κ2) is 7.90. The van der Waals surface area contributed by atoms with Gasteiger partial charge in [-0.1, -0.05) is 0 Å². The third-order valence-electron chi connectivity index (χ3n) is 4.57. The molecule has 132 valence electrons. The number of benzene rings is 1. The molecular weight excluding hydrogens is 337 g/mol. The van der Waals surface area contributed by atoms with Gasteiger partial charge in [0.15, 0.2) is 0 Å². The lowest BCUT2D eigenvalue weighted by Crippen LogP contribution is -2.45. The Labute approximate surface area is 146 Å². The highest BCUT2D eigenvalue weighted by Crippen LogP contribution is 2.28. The fraction of sp³-hybridized carbons (Fsp3) is 0.562. The highest BCUT2D eigenvalue weighted by molar-refractivity contribution is 5.94. The average Bonchev–Trinajstić information content (AvgIpc) is 3.37. The van der Waals surface area contributed by atoms with Gasteiger partial charge in [-0.2, -0.15) is 0 Å². The molecule has 3 rings (SSSR count). The maximum atomic E-state index is 13.9. The Hall–Kier alpha value is -1.73. The zero-order valence-electron chi connectivity index (χ0n) is 13.2. The molecule has 0 unspecified atom stereocenters. The summed E-state index contributed by atoms with van der Waals surface area (Å²) in [6.07, 6.45) is 4.33. The molecule has 0 spiro atoms. The predicted octanol–water partition coefficient (Wildman–Crippen LogP) is 2.76. The number of carbonyl (C=O) groups is 1. The van der Waals surface area contributed by atoms with Crippen LogP contribution in [0.2, 0.25) is 0 Å². The van der Waals surface area contributed by atoms with Crippen LogP contribution >= 0.6 is 12.4 Å². The lowest BCUT2D eigenvalue weighted by Gasteiger charge is -2.32. The van der Waals surface area contributed by atoms with Crippen molar-refractivity contribution in [1.29, 1.82) is 0 Å². The van der Waals surface area contributed by atoms with Crippen molar-refractivity contribution in [2.75, 3.05) is 19.6 Å². The van der Waals surface area contributed by atoms with E-state index in [-0.39, 0.29) is 23.7 Å². The second-order valence-electron chi connectivity index (χ2n) is 6.34. The topological polar surface area (TPSA) is 75.5 Å². The maximum Gasteiger partial charge on any atom is 0.272 e. The minimum absolute atomic E-state index is 0. The first kappa shape index (κ1) is 18.6. The van der Waals surface area contributed by atoms with E-state index < -0.39 is 16.6 Å². The molecule has 1 aromatic rings. The molecule has 0 aromatic heterocycles. The number of nitrogens with one attached hydrogen (secondary N) is 1. The highest BCUT2D eigenvalue weighted by atomic mass is 35.5. The molecule has 24 heavy (non-hydrogen) atoms. The molecule has 2 aliphatic rings. The fourth-order valence-corrected chi connectivity index (χ4v) is 2.90. The van der Waals surface area contributed by atoms with Gasteiger partial charge in [0.1, 0.15) is 5.82 Å². The van der Waals surface area contributed by atoms with Gasteiger partial charge in [0.2, 0.25) is 0 Å². The van der Waals surface area contributed by atoms with Gasteiger partial charge in [0, 0.05) is 25.2 Å². The average molecular weight is 358 g/mol. The molecule has 1 saturated carbocycles. The largest absolute Gasteiger partial charge is 0.338 e. The van der Waals surface area contributed by atoms with E-state index in [0.29, 0.717) is 19.1 Å². The summed E-state index contributed by atoms with van der Waals surface area (Å²) in [6.45, 7) is 2.21. The Bertz CT molecular complexity index is 617. The van der Waals surface area contributed by atoms with Gasteiger partial charge in [-0.05, 0) is 44.2 Å². The summed E-state index contributed by atoms with van der Waals surface area (Å²) in [5.41, 5.74) is -0.443. The van der Waals surface area contributed by atoms with E-state index in [4.69, 9.17) is 0 Å². The van der Waals surface area contributed by atoms with E-state index in [0.717, 1.165) is 31.4 Å². The molecule has 1 heterocycles. The Morgan fingerprint density at radius 1 is 1.29 bits per heavy atom. The lowest BCUT2D eigenvalue weighted by molar-refractivity contribution is -0.385. The first-order valence-electron chi connectivity index (χ1n) is 8.01. The van der Waals surface area contributed by atoms with Crippen LogP contribution in [-0.2, 0) is 0 Å². The van der Waals surface area contributed by atoms with Crippen molar-refractivity contribution in [1.82, 2.24) is 10.2 Å². The Morgan fingerprint density at radius 3 is 2.50 bits per heavy atom. The molecule has 1 aromatic carbocycles. The zero-order chi connectivity index (χ0) is 16.4. The monoisotopic (exact) mass is 357 g/mol. The number of hydrogen-bond acceptors (Lipinski definition) is 4. The number of nitrogens with zero attached hydrogens (tertiary/aromatic N) is 2. The normalized spacial score (nSPS) is 18.1. The minimum Gasteiger partial charge on any atom is -0.338 e. The van der Waals surface area contributed by atoms with Crippen LogP contribution in [0.15, 0.2) is 18.2 Å². The van der Waals surface area contributed by atoms with Gasteiger partial charge in [0.25, 0.3) is 11.6 Å². The standard InChI is InChI=1S/C16H20FN3O3.ClH/c17-15-9-13(20(22)23)3-4-14(15)16(21)19-7-5-12(6-8-19)18-10-11-1-2-11;/h3-4,9,11-12,18H,1-2,5-8,10H2;1H. The van der Waals surface area contributed by atoms with E-state index in [1.54, 1.807) is 4.90 Å². The molecule has 8 heteroatoms. The van der Waals surface area contributed by atoms with Gasteiger partial charge in [0.05, 0.1) is 16.6 Å². The summed E-state index contributed by atoms with van der Waals surface area (Å²) in [5.74, 6) is -0.403. The lowest BCUT2D eigenvalue weighted by atomic mass is 10.0. The molecule has 1 saturated heterocycles. The van der Waals surface area contributed by atoms with Crippen LogP contribution in [0.5, 0.6) is 0 Å². The van der Waals surface area contributed by atoms with Crippen molar-refractivity contribution in [2.45, 2.75) is 31.7 Å². The fourth-order valence-electron chi connectivity index (χ4n) is 2.90.